The number of carbonyl (C=O) groups is 1. The van der Waals surface area contributed by atoms with Gasteiger partial charge in [-0.25, -0.2) is 8.42 Å². The number of sulfonamides is 1. The fourth-order valence-electron chi connectivity index (χ4n) is 2.79. The number of halogens is 2. The molecule has 0 aromatic heterocycles. The molecule has 0 aliphatic carbocycles. The van der Waals surface area contributed by atoms with Gasteiger partial charge in [0, 0.05) is 15.7 Å². The molecule has 3 aromatic carbocycles. The second-order valence-corrected chi connectivity index (χ2v) is 9.52. The van der Waals surface area contributed by atoms with Crippen LogP contribution >= 0.6 is 23.2 Å². The van der Waals surface area contributed by atoms with E-state index in [2.05, 4.69) is 5.32 Å². The van der Waals surface area contributed by atoms with Crippen LogP contribution in [0.4, 0.5) is 11.4 Å². The van der Waals surface area contributed by atoms with E-state index in [1.54, 1.807) is 24.3 Å². The third-order valence-corrected chi connectivity index (χ3v) is 5.79. The molecule has 0 spiro atoms. The molecule has 9 heteroatoms. The first kappa shape index (κ1) is 22.9. The summed E-state index contributed by atoms with van der Waals surface area (Å²) in [6.45, 7) is -0.000175. The first-order valence-corrected chi connectivity index (χ1v) is 11.8. The average Bonchev–Trinajstić information content (AvgIpc) is 2.71. The maximum absolute atomic E-state index is 12.5. The van der Waals surface area contributed by atoms with E-state index in [0.29, 0.717) is 18.0 Å². The third-order valence-electron chi connectivity index (χ3n) is 4.21. The van der Waals surface area contributed by atoms with Gasteiger partial charge in [-0.05, 0) is 48.0 Å². The van der Waals surface area contributed by atoms with Gasteiger partial charge in [-0.1, -0.05) is 53.5 Å². The number of ether oxygens (including phenoxy) is 1. The minimum absolute atomic E-state index is 0.208. The van der Waals surface area contributed by atoms with Crippen LogP contribution in [0.5, 0.6) is 5.75 Å². The number of anilines is 2. The van der Waals surface area contributed by atoms with E-state index in [-0.39, 0.29) is 15.7 Å². The Labute approximate surface area is 191 Å². The van der Waals surface area contributed by atoms with Crippen molar-refractivity contribution in [3.05, 3.63) is 88.4 Å². The predicted octanol–water partition coefficient (Wildman–Crippen LogP) is 4.98. The molecule has 6 nitrogen and oxygen atoms in total. The number of rotatable bonds is 8. The Bertz CT molecular complexity index is 1130. The molecular formula is C22H20Cl2N2O4S. The standard InChI is InChI=1S/C22H20Cl2N2O4S/c1-31(28,29)26(20-12-17(23)11-18(24)13-20)14-22(27)25-19-7-9-21(10-8-19)30-15-16-5-3-2-4-6-16/h2-13H,14-15H2,1H3,(H,25,27). The molecule has 0 radical (unpaired) electrons. The highest BCUT2D eigenvalue weighted by Crippen LogP contribution is 2.27. The lowest BCUT2D eigenvalue weighted by atomic mass is 10.2. The highest BCUT2D eigenvalue weighted by Gasteiger charge is 2.21. The van der Waals surface area contributed by atoms with Crippen LogP contribution in [0, 0.1) is 0 Å². The summed E-state index contributed by atoms with van der Waals surface area (Å²) >= 11 is 11.9. The normalized spacial score (nSPS) is 11.1. The second kappa shape index (κ2) is 10.0. The van der Waals surface area contributed by atoms with E-state index in [0.717, 1.165) is 16.1 Å². The van der Waals surface area contributed by atoms with E-state index in [4.69, 9.17) is 27.9 Å². The lowest BCUT2D eigenvalue weighted by Crippen LogP contribution is -2.37. The van der Waals surface area contributed by atoms with Crippen LogP contribution in [0.1, 0.15) is 5.56 Å². The summed E-state index contributed by atoms with van der Waals surface area (Å²) in [5.41, 5.74) is 1.76. The van der Waals surface area contributed by atoms with Crippen molar-refractivity contribution in [1.29, 1.82) is 0 Å². The summed E-state index contributed by atoms with van der Waals surface area (Å²) in [6, 6.07) is 20.9. The Kier molecular flexibility index (Phi) is 7.43. The molecule has 0 fully saturated rings. The third kappa shape index (κ3) is 6.89. The zero-order valence-corrected chi connectivity index (χ0v) is 18.9. The molecule has 0 saturated carbocycles. The van der Waals surface area contributed by atoms with Crippen molar-refractivity contribution in [3.63, 3.8) is 0 Å². The number of amides is 1. The highest BCUT2D eigenvalue weighted by molar-refractivity contribution is 7.92. The minimum atomic E-state index is -3.74. The summed E-state index contributed by atoms with van der Waals surface area (Å²) in [6.07, 6.45) is 1.01. The molecule has 0 atom stereocenters. The van der Waals surface area contributed by atoms with Gasteiger partial charge in [-0.15, -0.1) is 0 Å². The summed E-state index contributed by atoms with van der Waals surface area (Å²) < 4.78 is 31.1. The van der Waals surface area contributed by atoms with Crippen LogP contribution in [0.3, 0.4) is 0 Å². The van der Waals surface area contributed by atoms with E-state index in [9.17, 15) is 13.2 Å². The van der Waals surface area contributed by atoms with Crippen molar-refractivity contribution in [1.82, 2.24) is 0 Å². The second-order valence-electron chi connectivity index (χ2n) is 6.74. The zero-order chi connectivity index (χ0) is 22.4. The molecule has 0 heterocycles. The van der Waals surface area contributed by atoms with E-state index in [1.807, 2.05) is 30.3 Å². The maximum Gasteiger partial charge on any atom is 0.245 e. The van der Waals surface area contributed by atoms with Crippen molar-refractivity contribution < 1.29 is 17.9 Å². The van der Waals surface area contributed by atoms with Gasteiger partial charge in [-0.3, -0.25) is 9.10 Å². The predicted molar refractivity (Wildman–Crippen MR) is 124 cm³/mol. The van der Waals surface area contributed by atoms with E-state index in [1.165, 1.54) is 18.2 Å². The van der Waals surface area contributed by atoms with Gasteiger partial charge < -0.3 is 10.1 Å². The smallest absolute Gasteiger partial charge is 0.245 e. The topological polar surface area (TPSA) is 75.7 Å². The van der Waals surface area contributed by atoms with Gasteiger partial charge >= 0.3 is 0 Å². The van der Waals surface area contributed by atoms with Crippen LogP contribution in [-0.2, 0) is 21.4 Å². The number of nitrogens with zero attached hydrogens (tertiary/aromatic N) is 1. The molecule has 0 aliphatic heterocycles. The monoisotopic (exact) mass is 478 g/mol. The first-order chi connectivity index (χ1) is 14.7. The molecule has 0 unspecified atom stereocenters. The number of carbonyl (C=O) groups excluding carboxylic acids is 1. The van der Waals surface area contributed by atoms with Crippen LogP contribution in [-0.4, -0.2) is 27.1 Å². The number of nitrogens with one attached hydrogen (secondary N) is 1. The Morgan fingerprint density at radius 1 is 0.968 bits per heavy atom. The Morgan fingerprint density at radius 2 is 1.58 bits per heavy atom. The number of hydrogen-bond acceptors (Lipinski definition) is 4. The molecule has 1 N–H and O–H groups in total. The van der Waals surface area contributed by atoms with Crippen molar-refractivity contribution >= 4 is 50.5 Å². The fraction of sp³-hybridized carbons (Fsp3) is 0.136. The molecule has 1 amide bonds. The molecular weight excluding hydrogens is 459 g/mol. The number of hydrogen-bond donors (Lipinski definition) is 1. The van der Waals surface area contributed by atoms with E-state index >= 15 is 0 Å². The lowest BCUT2D eigenvalue weighted by molar-refractivity contribution is -0.114. The maximum atomic E-state index is 12.5. The fourth-order valence-corrected chi connectivity index (χ4v) is 4.14. The highest BCUT2D eigenvalue weighted by atomic mass is 35.5. The van der Waals surface area contributed by atoms with Gasteiger partial charge in [0.25, 0.3) is 0 Å². The first-order valence-electron chi connectivity index (χ1n) is 9.21. The van der Waals surface area contributed by atoms with Crippen LogP contribution in [0.15, 0.2) is 72.8 Å². The molecule has 31 heavy (non-hydrogen) atoms. The van der Waals surface area contributed by atoms with Gasteiger partial charge in [0.15, 0.2) is 0 Å². The summed E-state index contributed by atoms with van der Waals surface area (Å²) in [7, 11) is -3.74. The molecule has 0 aliphatic rings. The average molecular weight is 479 g/mol. The Morgan fingerprint density at radius 3 is 2.16 bits per heavy atom. The SMILES string of the molecule is CS(=O)(=O)N(CC(=O)Nc1ccc(OCc2ccccc2)cc1)c1cc(Cl)cc(Cl)c1. The van der Waals surface area contributed by atoms with Gasteiger partial charge in [0.2, 0.25) is 15.9 Å². The van der Waals surface area contributed by atoms with Crippen molar-refractivity contribution in [2.75, 3.05) is 22.4 Å². The van der Waals surface area contributed by atoms with Crippen molar-refractivity contribution in [2.45, 2.75) is 6.61 Å². The molecule has 3 rings (SSSR count). The molecule has 0 bridgehead atoms. The van der Waals surface area contributed by atoms with Crippen LogP contribution in [0.2, 0.25) is 10.0 Å². The van der Waals surface area contributed by atoms with Crippen molar-refractivity contribution in [3.8, 4) is 5.75 Å². The van der Waals surface area contributed by atoms with Crippen LogP contribution < -0.4 is 14.4 Å². The summed E-state index contributed by atoms with van der Waals surface area (Å²) in [5.74, 6) is 0.132. The Hall–Kier alpha value is -2.74. The van der Waals surface area contributed by atoms with Gasteiger partial charge in [-0.2, -0.15) is 0 Å². The summed E-state index contributed by atoms with van der Waals surface area (Å²) in [5, 5.41) is 3.21. The zero-order valence-electron chi connectivity index (χ0n) is 16.6. The van der Waals surface area contributed by atoms with Crippen LogP contribution in [0.25, 0.3) is 0 Å². The molecule has 3 aromatic rings. The van der Waals surface area contributed by atoms with Crippen molar-refractivity contribution in [2.24, 2.45) is 0 Å². The summed E-state index contributed by atoms with van der Waals surface area (Å²) in [4.78, 5) is 12.5. The van der Waals surface area contributed by atoms with Gasteiger partial charge in [0.05, 0.1) is 11.9 Å². The molecule has 162 valence electrons. The Balaban J connectivity index is 1.64. The largest absolute Gasteiger partial charge is 0.489 e. The lowest BCUT2D eigenvalue weighted by Gasteiger charge is -2.22. The van der Waals surface area contributed by atoms with E-state index < -0.39 is 22.5 Å². The number of benzene rings is 3. The minimum Gasteiger partial charge on any atom is -0.489 e. The van der Waals surface area contributed by atoms with Gasteiger partial charge in [0.1, 0.15) is 18.9 Å². The quantitative estimate of drug-likeness (QED) is 0.495. The molecule has 0 saturated heterocycles.